The second-order valence-corrected chi connectivity index (χ2v) is 5.01. The standard InChI is InChI=1S/C13H18N4/c1-9(2)17-8-16-12-11(4-6-15-13(12)17)10-3-5-14-7-10/h4,6,8-10,14H,3,5,7H2,1-2H3. The lowest BCUT2D eigenvalue weighted by atomic mass is 9.98. The Kier molecular flexibility index (Phi) is 2.59. The van der Waals surface area contributed by atoms with Crippen molar-refractivity contribution in [3.05, 3.63) is 24.2 Å². The van der Waals surface area contributed by atoms with E-state index in [1.54, 1.807) is 0 Å². The average molecular weight is 230 g/mol. The van der Waals surface area contributed by atoms with Crippen LogP contribution in [0.3, 0.4) is 0 Å². The fourth-order valence-corrected chi connectivity index (χ4v) is 2.58. The van der Waals surface area contributed by atoms with Gasteiger partial charge in [-0.2, -0.15) is 0 Å². The molecule has 90 valence electrons. The second-order valence-electron chi connectivity index (χ2n) is 5.01. The quantitative estimate of drug-likeness (QED) is 0.859. The molecule has 0 spiro atoms. The Balaban J connectivity index is 2.13. The summed E-state index contributed by atoms with van der Waals surface area (Å²) in [4.78, 5) is 9.03. The van der Waals surface area contributed by atoms with Gasteiger partial charge in [0.1, 0.15) is 5.52 Å². The van der Waals surface area contributed by atoms with Gasteiger partial charge in [-0.05, 0) is 44.4 Å². The Morgan fingerprint density at radius 1 is 1.41 bits per heavy atom. The van der Waals surface area contributed by atoms with E-state index < -0.39 is 0 Å². The molecule has 0 bridgehead atoms. The van der Waals surface area contributed by atoms with Gasteiger partial charge >= 0.3 is 0 Å². The van der Waals surface area contributed by atoms with Crippen LogP contribution in [0.15, 0.2) is 18.6 Å². The summed E-state index contributed by atoms with van der Waals surface area (Å²) in [5, 5.41) is 3.41. The van der Waals surface area contributed by atoms with E-state index in [0.29, 0.717) is 12.0 Å². The van der Waals surface area contributed by atoms with Gasteiger partial charge in [0.15, 0.2) is 5.65 Å². The van der Waals surface area contributed by atoms with Crippen LogP contribution >= 0.6 is 0 Å². The van der Waals surface area contributed by atoms with E-state index in [9.17, 15) is 0 Å². The maximum Gasteiger partial charge on any atom is 0.160 e. The number of rotatable bonds is 2. The molecule has 0 amide bonds. The normalized spacial score (nSPS) is 20.5. The highest BCUT2D eigenvalue weighted by Gasteiger charge is 2.21. The van der Waals surface area contributed by atoms with Crippen LogP contribution in [0.25, 0.3) is 11.2 Å². The van der Waals surface area contributed by atoms with Crippen molar-refractivity contribution in [3.63, 3.8) is 0 Å². The fourth-order valence-electron chi connectivity index (χ4n) is 2.58. The predicted octanol–water partition coefficient (Wildman–Crippen LogP) is 2.09. The molecule has 2 aromatic heterocycles. The number of hydrogen-bond donors (Lipinski definition) is 1. The summed E-state index contributed by atoms with van der Waals surface area (Å²) in [5.41, 5.74) is 3.44. The maximum atomic E-state index is 4.56. The molecule has 0 aromatic carbocycles. The van der Waals surface area contributed by atoms with Crippen LogP contribution in [-0.2, 0) is 0 Å². The molecule has 0 saturated carbocycles. The van der Waals surface area contributed by atoms with E-state index in [4.69, 9.17) is 0 Å². The molecule has 0 aliphatic carbocycles. The molecule has 3 heterocycles. The number of imidazole rings is 1. The molecule has 1 aliphatic rings. The minimum absolute atomic E-state index is 0.407. The maximum absolute atomic E-state index is 4.56. The molecule has 2 aromatic rings. The third kappa shape index (κ3) is 1.72. The summed E-state index contributed by atoms with van der Waals surface area (Å²) in [5.74, 6) is 0.594. The third-order valence-electron chi connectivity index (χ3n) is 3.55. The van der Waals surface area contributed by atoms with Crippen molar-refractivity contribution in [1.29, 1.82) is 0 Å². The van der Waals surface area contributed by atoms with Gasteiger partial charge in [-0.15, -0.1) is 0 Å². The molecule has 4 nitrogen and oxygen atoms in total. The number of aromatic nitrogens is 3. The van der Waals surface area contributed by atoms with Crippen molar-refractivity contribution in [2.45, 2.75) is 32.2 Å². The van der Waals surface area contributed by atoms with Crippen molar-refractivity contribution in [3.8, 4) is 0 Å². The van der Waals surface area contributed by atoms with Crippen molar-refractivity contribution in [1.82, 2.24) is 19.9 Å². The van der Waals surface area contributed by atoms with E-state index in [-0.39, 0.29) is 0 Å². The molecule has 1 N–H and O–H groups in total. The van der Waals surface area contributed by atoms with E-state index in [0.717, 1.165) is 24.3 Å². The molecular weight excluding hydrogens is 212 g/mol. The highest BCUT2D eigenvalue weighted by molar-refractivity contribution is 5.75. The van der Waals surface area contributed by atoms with Gasteiger partial charge in [0.05, 0.1) is 6.33 Å². The lowest BCUT2D eigenvalue weighted by Crippen LogP contribution is -2.08. The molecule has 4 heteroatoms. The van der Waals surface area contributed by atoms with E-state index in [2.05, 4.69) is 39.8 Å². The monoisotopic (exact) mass is 230 g/mol. The van der Waals surface area contributed by atoms with Crippen molar-refractivity contribution >= 4 is 11.2 Å². The summed E-state index contributed by atoms with van der Waals surface area (Å²) in [6, 6.07) is 2.53. The summed E-state index contributed by atoms with van der Waals surface area (Å²) in [6.45, 7) is 6.49. The van der Waals surface area contributed by atoms with E-state index >= 15 is 0 Å². The van der Waals surface area contributed by atoms with Gasteiger partial charge in [-0.25, -0.2) is 9.97 Å². The highest BCUT2D eigenvalue weighted by atomic mass is 15.1. The lowest BCUT2D eigenvalue weighted by molar-refractivity contribution is 0.613. The van der Waals surface area contributed by atoms with Gasteiger partial charge in [-0.3, -0.25) is 0 Å². The van der Waals surface area contributed by atoms with Crippen molar-refractivity contribution < 1.29 is 0 Å². The van der Waals surface area contributed by atoms with E-state index in [1.807, 2.05) is 12.5 Å². The number of nitrogens with one attached hydrogen (secondary N) is 1. The zero-order chi connectivity index (χ0) is 11.8. The number of hydrogen-bond acceptors (Lipinski definition) is 3. The van der Waals surface area contributed by atoms with Gasteiger partial charge < -0.3 is 9.88 Å². The molecule has 1 fully saturated rings. The van der Waals surface area contributed by atoms with Crippen molar-refractivity contribution in [2.24, 2.45) is 0 Å². The van der Waals surface area contributed by atoms with Crippen LogP contribution in [-0.4, -0.2) is 27.6 Å². The second kappa shape index (κ2) is 4.11. The Bertz CT molecular complexity index is 523. The Morgan fingerprint density at radius 3 is 3.00 bits per heavy atom. The van der Waals surface area contributed by atoms with Crippen molar-refractivity contribution in [2.75, 3.05) is 13.1 Å². The SMILES string of the molecule is CC(C)n1cnc2c(C3CCNC3)ccnc21. The first kappa shape index (κ1) is 10.7. The first-order valence-corrected chi connectivity index (χ1v) is 6.29. The first-order valence-electron chi connectivity index (χ1n) is 6.29. The Hall–Kier alpha value is -1.42. The lowest BCUT2D eigenvalue weighted by Gasteiger charge is -2.10. The van der Waals surface area contributed by atoms with Crippen LogP contribution in [0.5, 0.6) is 0 Å². The minimum atomic E-state index is 0.407. The average Bonchev–Trinajstić information content (AvgIpc) is 2.97. The number of nitrogens with zero attached hydrogens (tertiary/aromatic N) is 3. The predicted molar refractivity (Wildman–Crippen MR) is 68.1 cm³/mol. The summed E-state index contributed by atoms with van der Waals surface area (Å²) >= 11 is 0. The molecule has 1 aliphatic heterocycles. The summed E-state index contributed by atoms with van der Waals surface area (Å²) in [7, 11) is 0. The van der Waals surface area contributed by atoms with Gasteiger partial charge in [0, 0.05) is 18.8 Å². The Morgan fingerprint density at radius 2 is 2.29 bits per heavy atom. The molecule has 1 unspecified atom stereocenters. The highest BCUT2D eigenvalue weighted by Crippen LogP contribution is 2.28. The van der Waals surface area contributed by atoms with E-state index in [1.165, 1.54) is 12.0 Å². The minimum Gasteiger partial charge on any atom is -0.316 e. The van der Waals surface area contributed by atoms with Crippen LogP contribution in [0.1, 0.15) is 37.8 Å². The smallest absolute Gasteiger partial charge is 0.160 e. The van der Waals surface area contributed by atoms with Crippen LogP contribution < -0.4 is 5.32 Å². The molecule has 0 radical (unpaired) electrons. The van der Waals surface area contributed by atoms with Crippen LogP contribution in [0, 0.1) is 0 Å². The molecule has 1 atom stereocenters. The summed E-state index contributed by atoms with van der Waals surface area (Å²) < 4.78 is 2.14. The first-order chi connectivity index (χ1) is 8.27. The molecule has 3 rings (SSSR count). The van der Waals surface area contributed by atoms with Gasteiger partial charge in [0.2, 0.25) is 0 Å². The Labute approximate surface area is 101 Å². The van der Waals surface area contributed by atoms with Gasteiger partial charge in [0.25, 0.3) is 0 Å². The van der Waals surface area contributed by atoms with Gasteiger partial charge in [-0.1, -0.05) is 0 Å². The number of fused-ring (bicyclic) bond motifs is 1. The molecular formula is C13H18N4. The fraction of sp³-hybridized carbons (Fsp3) is 0.538. The zero-order valence-corrected chi connectivity index (χ0v) is 10.3. The number of pyridine rings is 1. The molecule has 17 heavy (non-hydrogen) atoms. The van der Waals surface area contributed by atoms with Crippen LogP contribution in [0.2, 0.25) is 0 Å². The third-order valence-corrected chi connectivity index (χ3v) is 3.55. The largest absolute Gasteiger partial charge is 0.316 e. The zero-order valence-electron chi connectivity index (χ0n) is 10.3. The van der Waals surface area contributed by atoms with Crippen LogP contribution in [0.4, 0.5) is 0 Å². The molecule has 1 saturated heterocycles. The summed E-state index contributed by atoms with van der Waals surface area (Å²) in [6.07, 6.45) is 5.03. The topological polar surface area (TPSA) is 42.7 Å².